The molecule has 3 aromatic rings. The largest absolute Gasteiger partial charge is 0.491 e. The van der Waals surface area contributed by atoms with Gasteiger partial charge in [0.15, 0.2) is 0 Å². The second-order valence-electron chi connectivity index (χ2n) is 6.24. The van der Waals surface area contributed by atoms with Gasteiger partial charge in [-0.1, -0.05) is 12.1 Å². The number of H-pyrrole nitrogens is 1. The Labute approximate surface area is 145 Å². The second-order valence-corrected chi connectivity index (χ2v) is 6.24. The molecule has 0 fully saturated rings. The molecule has 0 aliphatic carbocycles. The zero-order valence-electron chi connectivity index (χ0n) is 14.3. The molecule has 0 atom stereocenters. The van der Waals surface area contributed by atoms with Gasteiger partial charge in [0.25, 0.3) is 0 Å². The maximum Gasteiger partial charge on any atom is 0.317 e. The molecule has 1 aliphatic heterocycles. The molecule has 4 rings (SSSR count). The Balaban J connectivity index is 1.80. The van der Waals surface area contributed by atoms with Crippen LogP contribution in [-0.2, 0) is 6.54 Å². The van der Waals surface area contributed by atoms with Gasteiger partial charge in [0.1, 0.15) is 12.4 Å². The number of aromatic nitrogens is 2. The van der Waals surface area contributed by atoms with Gasteiger partial charge in [-0.3, -0.25) is 5.10 Å². The number of hydrogen-bond acceptors (Lipinski definition) is 3. The SMILES string of the molecule is CNC(=O)N1CCOc2ccc(-c3c(C)ccc4[nH]ncc34)cc2C1. The molecule has 2 N–H and O–H groups in total. The molecule has 2 aromatic carbocycles. The lowest BCUT2D eigenvalue weighted by Crippen LogP contribution is -2.38. The number of aryl methyl sites for hydroxylation is 1. The van der Waals surface area contributed by atoms with Gasteiger partial charge < -0.3 is 15.0 Å². The molecule has 0 saturated heterocycles. The molecule has 0 unspecified atom stereocenters. The summed E-state index contributed by atoms with van der Waals surface area (Å²) < 4.78 is 5.83. The van der Waals surface area contributed by atoms with Gasteiger partial charge in [0.05, 0.1) is 24.8 Å². The number of nitrogens with zero attached hydrogens (tertiary/aromatic N) is 2. The first-order valence-corrected chi connectivity index (χ1v) is 8.33. The number of ether oxygens (including phenoxy) is 1. The number of urea groups is 1. The fraction of sp³-hybridized carbons (Fsp3) is 0.263. The van der Waals surface area contributed by atoms with Crippen molar-refractivity contribution < 1.29 is 9.53 Å². The van der Waals surface area contributed by atoms with Crippen LogP contribution >= 0.6 is 0 Å². The van der Waals surface area contributed by atoms with E-state index in [9.17, 15) is 4.79 Å². The smallest absolute Gasteiger partial charge is 0.317 e. The fourth-order valence-electron chi connectivity index (χ4n) is 3.39. The lowest BCUT2D eigenvalue weighted by Gasteiger charge is -2.19. The highest BCUT2D eigenvalue weighted by atomic mass is 16.5. The van der Waals surface area contributed by atoms with E-state index in [4.69, 9.17) is 4.74 Å². The molecule has 0 saturated carbocycles. The molecule has 0 bridgehead atoms. The topological polar surface area (TPSA) is 70.2 Å². The van der Waals surface area contributed by atoms with Crippen molar-refractivity contribution in [2.45, 2.75) is 13.5 Å². The molecular formula is C19H20N4O2. The van der Waals surface area contributed by atoms with E-state index in [0.717, 1.165) is 33.3 Å². The van der Waals surface area contributed by atoms with E-state index in [2.05, 4.69) is 40.6 Å². The van der Waals surface area contributed by atoms with Crippen LogP contribution in [0.3, 0.4) is 0 Å². The van der Waals surface area contributed by atoms with Crippen LogP contribution in [0.2, 0.25) is 0 Å². The van der Waals surface area contributed by atoms with E-state index in [0.29, 0.717) is 19.7 Å². The van der Waals surface area contributed by atoms with Crippen LogP contribution in [0, 0.1) is 6.92 Å². The molecule has 1 aliphatic rings. The van der Waals surface area contributed by atoms with E-state index in [-0.39, 0.29) is 6.03 Å². The van der Waals surface area contributed by atoms with Crippen LogP contribution < -0.4 is 10.1 Å². The van der Waals surface area contributed by atoms with Gasteiger partial charge in [-0.05, 0) is 41.8 Å². The first-order valence-electron chi connectivity index (χ1n) is 8.33. The monoisotopic (exact) mass is 336 g/mol. The average molecular weight is 336 g/mol. The number of fused-ring (bicyclic) bond motifs is 2. The van der Waals surface area contributed by atoms with E-state index in [1.807, 2.05) is 18.3 Å². The quantitative estimate of drug-likeness (QED) is 0.717. The van der Waals surface area contributed by atoms with Gasteiger partial charge in [-0.25, -0.2) is 4.79 Å². The molecule has 2 heterocycles. The minimum atomic E-state index is -0.0880. The molecule has 0 radical (unpaired) electrons. The number of carbonyl (C=O) groups is 1. The second kappa shape index (κ2) is 6.12. The summed E-state index contributed by atoms with van der Waals surface area (Å²) in [6, 6.07) is 10.2. The first kappa shape index (κ1) is 15.5. The molecule has 2 amide bonds. The Kier molecular flexibility index (Phi) is 3.80. The summed E-state index contributed by atoms with van der Waals surface area (Å²) in [5.74, 6) is 0.840. The lowest BCUT2D eigenvalue weighted by molar-refractivity contribution is 0.190. The molecule has 25 heavy (non-hydrogen) atoms. The highest BCUT2D eigenvalue weighted by molar-refractivity contribution is 5.96. The standard InChI is InChI=1S/C19H20N4O2/c1-12-3-5-16-15(10-21-22-16)18(12)13-4-6-17-14(9-13)11-23(7-8-25-17)19(24)20-2/h3-6,9-10H,7-8,11H2,1-2H3,(H,20,24)(H,21,22). The van der Waals surface area contributed by atoms with E-state index in [1.54, 1.807) is 11.9 Å². The van der Waals surface area contributed by atoms with Crippen molar-refractivity contribution in [1.29, 1.82) is 0 Å². The fourth-order valence-corrected chi connectivity index (χ4v) is 3.39. The predicted octanol–water partition coefficient (Wildman–Crippen LogP) is 3.07. The maximum absolute atomic E-state index is 12.0. The zero-order valence-corrected chi connectivity index (χ0v) is 14.3. The van der Waals surface area contributed by atoms with Crippen LogP contribution in [0.25, 0.3) is 22.0 Å². The number of benzene rings is 2. The summed E-state index contributed by atoms with van der Waals surface area (Å²) in [5.41, 5.74) is 5.47. The van der Waals surface area contributed by atoms with Crippen LogP contribution in [0.15, 0.2) is 36.5 Å². The molecule has 1 aromatic heterocycles. The van der Waals surface area contributed by atoms with Crippen molar-refractivity contribution in [1.82, 2.24) is 20.4 Å². The summed E-state index contributed by atoms with van der Waals surface area (Å²) in [4.78, 5) is 13.8. The highest BCUT2D eigenvalue weighted by Gasteiger charge is 2.20. The van der Waals surface area contributed by atoms with Crippen molar-refractivity contribution >= 4 is 16.9 Å². The molecule has 6 nitrogen and oxygen atoms in total. The highest BCUT2D eigenvalue weighted by Crippen LogP contribution is 2.34. The van der Waals surface area contributed by atoms with Gasteiger partial charge >= 0.3 is 6.03 Å². The number of amides is 2. The minimum Gasteiger partial charge on any atom is -0.491 e. The summed E-state index contributed by atoms with van der Waals surface area (Å²) in [6.07, 6.45) is 1.86. The van der Waals surface area contributed by atoms with Crippen LogP contribution in [0.4, 0.5) is 4.79 Å². The molecule has 6 heteroatoms. The Bertz CT molecular complexity index is 948. The average Bonchev–Trinajstić information content (AvgIpc) is 2.99. The van der Waals surface area contributed by atoms with Crippen molar-refractivity contribution in [2.24, 2.45) is 0 Å². The number of carbonyl (C=O) groups excluding carboxylic acids is 1. The van der Waals surface area contributed by atoms with Gasteiger partial charge in [-0.2, -0.15) is 5.10 Å². The third-order valence-corrected chi connectivity index (χ3v) is 4.66. The van der Waals surface area contributed by atoms with Crippen molar-refractivity contribution in [3.05, 3.63) is 47.7 Å². The summed E-state index contributed by atoms with van der Waals surface area (Å²) in [5, 5.41) is 11.0. The van der Waals surface area contributed by atoms with Gasteiger partial charge in [0, 0.05) is 18.0 Å². The molecule has 0 spiro atoms. The molecular weight excluding hydrogens is 316 g/mol. The number of hydrogen-bond donors (Lipinski definition) is 2. The predicted molar refractivity (Wildman–Crippen MR) is 96.6 cm³/mol. The van der Waals surface area contributed by atoms with E-state index in [1.165, 1.54) is 5.56 Å². The maximum atomic E-state index is 12.0. The summed E-state index contributed by atoms with van der Waals surface area (Å²) >= 11 is 0. The first-order chi connectivity index (χ1) is 12.2. The summed E-state index contributed by atoms with van der Waals surface area (Å²) in [7, 11) is 1.65. The Morgan fingerprint density at radius 3 is 3.04 bits per heavy atom. The Morgan fingerprint density at radius 1 is 1.32 bits per heavy atom. The van der Waals surface area contributed by atoms with E-state index >= 15 is 0 Å². The van der Waals surface area contributed by atoms with Gasteiger partial charge in [0.2, 0.25) is 0 Å². The van der Waals surface area contributed by atoms with Crippen molar-refractivity contribution in [2.75, 3.05) is 20.2 Å². The number of rotatable bonds is 1. The lowest BCUT2D eigenvalue weighted by atomic mass is 9.95. The normalized spacial score (nSPS) is 13.9. The number of nitrogens with one attached hydrogen (secondary N) is 2. The third-order valence-electron chi connectivity index (χ3n) is 4.66. The minimum absolute atomic E-state index is 0.0880. The van der Waals surface area contributed by atoms with Gasteiger partial charge in [-0.15, -0.1) is 0 Å². The zero-order chi connectivity index (χ0) is 17.4. The van der Waals surface area contributed by atoms with Crippen molar-refractivity contribution in [3.63, 3.8) is 0 Å². The summed E-state index contributed by atoms with van der Waals surface area (Å²) in [6.45, 7) is 3.69. The Morgan fingerprint density at radius 2 is 2.20 bits per heavy atom. The number of aromatic amines is 1. The van der Waals surface area contributed by atoms with E-state index < -0.39 is 0 Å². The van der Waals surface area contributed by atoms with Crippen LogP contribution in [0.1, 0.15) is 11.1 Å². The van der Waals surface area contributed by atoms with Crippen LogP contribution in [0.5, 0.6) is 5.75 Å². The van der Waals surface area contributed by atoms with Crippen molar-refractivity contribution in [3.8, 4) is 16.9 Å². The van der Waals surface area contributed by atoms with Crippen LogP contribution in [-0.4, -0.2) is 41.3 Å². The molecule has 128 valence electrons. The third kappa shape index (κ3) is 2.69. The Hall–Kier alpha value is -3.02.